The number of hydrogen-bond acceptors (Lipinski definition) is 3. The zero-order chi connectivity index (χ0) is 15.5. The molecule has 0 aliphatic carbocycles. The first-order chi connectivity index (χ1) is 10.6. The van der Waals surface area contributed by atoms with Gasteiger partial charge in [0.2, 0.25) is 0 Å². The molecule has 2 nitrogen and oxygen atoms in total. The minimum absolute atomic E-state index is 0.276. The average molecular weight is 335 g/mol. The smallest absolute Gasteiger partial charge is 0.0931 e. The second-order valence-electron chi connectivity index (χ2n) is 6.50. The fourth-order valence-electron chi connectivity index (χ4n) is 3.36. The predicted octanol–water partition coefficient (Wildman–Crippen LogP) is 4.10. The predicted molar refractivity (Wildman–Crippen MR) is 95.6 cm³/mol. The molecule has 1 fully saturated rings. The molecule has 0 radical (unpaired) electrons. The second-order valence-corrected chi connectivity index (χ2v) is 8.05. The molecule has 2 heterocycles. The van der Waals surface area contributed by atoms with Gasteiger partial charge in [0, 0.05) is 25.7 Å². The highest BCUT2D eigenvalue weighted by Gasteiger charge is 2.25. The molecule has 22 heavy (non-hydrogen) atoms. The summed E-state index contributed by atoms with van der Waals surface area (Å²) in [5.41, 5.74) is 10.3. The van der Waals surface area contributed by atoms with E-state index in [4.69, 9.17) is 17.3 Å². The monoisotopic (exact) mass is 334 g/mol. The molecule has 2 aromatic rings. The van der Waals surface area contributed by atoms with E-state index < -0.39 is 0 Å². The summed E-state index contributed by atoms with van der Waals surface area (Å²) in [6, 6.07) is 11.2. The molecule has 3 rings (SSSR count). The minimum atomic E-state index is 0.276. The zero-order valence-electron chi connectivity index (χ0n) is 13.0. The summed E-state index contributed by atoms with van der Waals surface area (Å²) in [7, 11) is 0. The van der Waals surface area contributed by atoms with Crippen molar-refractivity contribution in [1.82, 2.24) is 4.90 Å². The molecule has 2 unspecified atom stereocenters. The highest BCUT2D eigenvalue weighted by Crippen LogP contribution is 2.26. The minimum Gasteiger partial charge on any atom is -0.327 e. The normalized spacial score (nSPS) is 22.9. The van der Waals surface area contributed by atoms with E-state index in [1.807, 2.05) is 0 Å². The van der Waals surface area contributed by atoms with Gasteiger partial charge in [-0.05, 0) is 48.3 Å². The Labute approximate surface area is 141 Å². The number of rotatable bonds is 4. The Kier molecular flexibility index (Phi) is 5.19. The molecule has 0 bridgehead atoms. The van der Waals surface area contributed by atoms with Gasteiger partial charge >= 0.3 is 0 Å². The highest BCUT2D eigenvalue weighted by atomic mass is 35.5. The number of thiophene rings is 1. The Morgan fingerprint density at radius 2 is 2.00 bits per heavy atom. The topological polar surface area (TPSA) is 29.3 Å². The van der Waals surface area contributed by atoms with Crippen LogP contribution >= 0.6 is 22.9 Å². The summed E-state index contributed by atoms with van der Waals surface area (Å²) in [5.74, 6) is 0.625. The molecule has 0 amide bonds. The number of aryl methyl sites for hydroxylation is 1. The van der Waals surface area contributed by atoms with Gasteiger partial charge in [0.1, 0.15) is 0 Å². The van der Waals surface area contributed by atoms with E-state index in [9.17, 15) is 0 Å². The summed E-state index contributed by atoms with van der Waals surface area (Å²) in [6.45, 7) is 5.24. The lowest BCUT2D eigenvalue weighted by Crippen LogP contribution is -2.47. The largest absolute Gasteiger partial charge is 0.327 e. The molecule has 0 saturated carbocycles. The highest BCUT2D eigenvalue weighted by molar-refractivity contribution is 7.14. The van der Waals surface area contributed by atoms with Gasteiger partial charge in [-0.15, -0.1) is 11.3 Å². The van der Waals surface area contributed by atoms with E-state index in [1.165, 1.54) is 16.7 Å². The van der Waals surface area contributed by atoms with Gasteiger partial charge in [0.05, 0.1) is 4.34 Å². The Balaban J connectivity index is 1.61. The lowest BCUT2D eigenvalue weighted by atomic mass is 9.89. The molecule has 2 N–H and O–H groups in total. The van der Waals surface area contributed by atoms with Crippen LogP contribution in [0.4, 0.5) is 0 Å². The molecule has 0 spiro atoms. The molecule has 1 aromatic carbocycles. The van der Waals surface area contributed by atoms with Crippen LogP contribution in [0.3, 0.4) is 0 Å². The quantitative estimate of drug-likeness (QED) is 0.912. The van der Waals surface area contributed by atoms with Crippen LogP contribution in [0, 0.1) is 12.8 Å². The van der Waals surface area contributed by atoms with Crippen LogP contribution in [0.2, 0.25) is 4.34 Å². The van der Waals surface area contributed by atoms with E-state index >= 15 is 0 Å². The van der Waals surface area contributed by atoms with Gasteiger partial charge in [-0.25, -0.2) is 0 Å². The number of nitrogens with two attached hydrogens (primary N) is 1. The maximum atomic E-state index is 6.29. The van der Waals surface area contributed by atoms with Crippen molar-refractivity contribution in [2.75, 3.05) is 13.1 Å². The Bertz CT molecular complexity index is 608. The van der Waals surface area contributed by atoms with E-state index in [0.717, 1.165) is 36.8 Å². The van der Waals surface area contributed by atoms with Crippen LogP contribution < -0.4 is 5.73 Å². The van der Waals surface area contributed by atoms with Crippen molar-refractivity contribution in [3.63, 3.8) is 0 Å². The lowest BCUT2D eigenvalue weighted by molar-refractivity contribution is 0.149. The SMILES string of the molecule is Cc1ccc(CN2CC(N)CC(Cc3csc(Cl)c3)C2)cc1. The van der Waals surface area contributed by atoms with E-state index in [2.05, 4.69) is 47.5 Å². The van der Waals surface area contributed by atoms with Crippen LogP contribution in [-0.4, -0.2) is 24.0 Å². The lowest BCUT2D eigenvalue weighted by Gasteiger charge is -2.36. The summed E-state index contributed by atoms with van der Waals surface area (Å²) in [5, 5.41) is 2.17. The third kappa shape index (κ3) is 4.32. The third-order valence-electron chi connectivity index (χ3n) is 4.32. The molecule has 1 aliphatic heterocycles. The number of hydrogen-bond donors (Lipinski definition) is 1. The third-order valence-corrected chi connectivity index (χ3v) is 5.46. The molecule has 1 aromatic heterocycles. The van der Waals surface area contributed by atoms with Crippen molar-refractivity contribution in [1.29, 1.82) is 0 Å². The fourth-order valence-corrected chi connectivity index (χ4v) is 4.28. The van der Waals surface area contributed by atoms with Crippen LogP contribution in [0.25, 0.3) is 0 Å². The van der Waals surface area contributed by atoms with Crippen molar-refractivity contribution >= 4 is 22.9 Å². The second kappa shape index (κ2) is 7.14. The number of nitrogens with zero attached hydrogens (tertiary/aromatic N) is 1. The van der Waals surface area contributed by atoms with Crippen molar-refractivity contribution < 1.29 is 0 Å². The van der Waals surface area contributed by atoms with Gasteiger partial charge in [-0.1, -0.05) is 41.4 Å². The molecule has 1 aliphatic rings. The Morgan fingerprint density at radius 3 is 2.68 bits per heavy atom. The zero-order valence-corrected chi connectivity index (χ0v) is 14.5. The van der Waals surface area contributed by atoms with Crippen molar-refractivity contribution in [3.05, 3.63) is 56.7 Å². The maximum Gasteiger partial charge on any atom is 0.0931 e. The van der Waals surface area contributed by atoms with Crippen LogP contribution in [0.5, 0.6) is 0 Å². The summed E-state index contributed by atoms with van der Waals surface area (Å²) in [6.07, 6.45) is 2.19. The number of halogens is 1. The van der Waals surface area contributed by atoms with E-state index in [-0.39, 0.29) is 6.04 Å². The van der Waals surface area contributed by atoms with Gasteiger partial charge < -0.3 is 5.73 Å². The standard InChI is InChI=1S/C18H23ClN2S/c1-13-2-4-14(5-3-13)9-21-10-15(7-17(20)11-21)6-16-8-18(19)22-12-16/h2-5,8,12,15,17H,6-7,9-11,20H2,1H3. The van der Waals surface area contributed by atoms with E-state index in [1.54, 1.807) is 11.3 Å². The van der Waals surface area contributed by atoms with Gasteiger partial charge in [0.15, 0.2) is 0 Å². The Hall–Kier alpha value is -0.870. The van der Waals surface area contributed by atoms with Gasteiger partial charge in [-0.3, -0.25) is 4.90 Å². The first kappa shape index (κ1) is 16.0. The maximum absolute atomic E-state index is 6.29. The van der Waals surface area contributed by atoms with Crippen LogP contribution in [-0.2, 0) is 13.0 Å². The van der Waals surface area contributed by atoms with Crippen LogP contribution in [0.1, 0.15) is 23.1 Å². The molecule has 4 heteroatoms. The molecular weight excluding hydrogens is 312 g/mol. The molecule has 2 atom stereocenters. The summed E-state index contributed by atoms with van der Waals surface area (Å²) in [4.78, 5) is 2.50. The average Bonchev–Trinajstić information content (AvgIpc) is 2.86. The van der Waals surface area contributed by atoms with Crippen molar-refractivity contribution in [2.24, 2.45) is 11.7 Å². The number of benzene rings is 1. The van der Waals surface area contributed by atoms with Gasteiger partial charge in [-0.2, -0.15) is 0 Å². The molecular formula is C18H23ClN2S. The summed E-state index contributed by atoms with van der Waals surface area (Å²) < 4.78 is 0.881. The number of piperidine rings is 1. The Morgan fingerprint density at radius 1 is 1.23 bits per heavy atom. The first-order valence-electron chi connectivity index (χ1n) is 7.85. The molecule has 118 valence electrons. The van der Waals surface area contributed by atoms with E-state index in [0.29, 0.717) is 5.92 Å². The van der Waals surface area contributed by atoms with Gasteiger partial charge in [0.25, 0.3) is 0 Å². The fraction of sp³-hybridized carbons (Fsp3) is 0.444. The van der Waals surface area contributed by atoms with Crippen LogP contribution in [0.15, 0.2) is 35.7 Å². The first-order valence-corrected chi connectivity index (χ1v) is 9.10. The number of likely N-dealkylation sites (tertiary alicyclic amines) is 1. The van der Waals surface area contributed by atoms with Crippen molar-refractivity contribution in [3.8, 4) is 0 Å². The molecule has 1 saturated heterocycles. The summed E-state index contributed by atoms with van der Waals surface area (Å²) >= 11 is 7.66. The van der Waals surface area contributed by atoms with Crippen molar-refractivity contribution in [2.45, 2.75) is 32.4 Å².